The van der Waals surface area contributed by atoms with E-state index in [1.807, 2.05) is 0 Å². The van der Waals surface area contributed by atoms with Gasteiger partial charge < -0.3 is 16.4 Å². The average molecular weight is 445 g/mol. The van der Waals surface area contributed by atoms with Gasteiger partial charge in [0.25, 0.3) is 6.43 Å². The number of halogens is 2. The fourth-order valence-electron chi connectivity index (χ4n) is 3.05. The molecule has 1 amide bonds. The molecule has 0 radical (unpaired) electrons. The summed E-state index contributed by atoms with van der Waals surface area (Å²) in [6, 6.07) is 3.47. The Morgan fingerprint density at radius 1 is 1.22 bits per heavy atom. The van der Waals surface area contributed by atoms with Crippen LogP contribution in [0.5, 0.6) is 0 Å². The van der Waals surface area contributed by atoms with Gasteiger partial charge >= 0.3 is 0 Å². The number of unbranched alkanes of at least 4 members (excludes halogenated alkanes) is 1. The van der Waals surface area contributed by atoms with E-state index in [-0.39, 0.29) is 23.1 Å². The van der Waals surface area contributed by atoms with Crippen LogP contribution in [0.4, 0.5) is 20.5 Å². The lowest BCUT2D eigenvalue weighted by atomic mass is 10.2. The van der Waals surface area contributed by atoms with Gasteiger partial charge in [-0.05, 0) is 18.6 Å². The monoisotopic (exact) mass is 445 g/mol. The molecule has 32 heavy (non-hydrogen) atoms. The second kappa shape index (κ2) is 9.98. The molecular weight excluding hydrogens is 420 g/mol. The standard InChI is InChI=1S/C14H12F2N8.C6H13NO/c1-18-12-10-7(2-4-23(10)22-14(17)21-12)9-3-5-24-13(20-9)8(6-19-24)11(15)16;1-3-4-5-7-6(2)8/h2-6,11H,1H3,(H3,17,18,21,22);3-5H2,1-2H3,(H,7,8). The first-order valence-electron chi connectivity index (χ1n) is 10.1. The molecule has 0 bridgehead atoms. The molecule has 0 spiro atoms. The molecule has 0 atom stereocenters. The van der Waals surface area contributed by atoms with E-state index >= 15 is 0 Å². The van der Waals surface area contributed by atoms with Crippen molar-refractivity contribution in [2.45, 2.75) is 33.1 Å². The summed E-state index contributed by atoms with van der Waals surface area (Å²) in [5, 5.41) is 13.7. The average Bonchev–Trinajstić information content (AvgIpc) is 3.37. The number of amides is 1. The predicted octanol–water partition coefficient (Wildman–Crippen LogP) is 2.92. The Morgan fingerprint density at radius 3 is 2.62 bits per heavy atom. The molecule has 4 rings (SSSR count). The molecule has 4 aromatic heterocycles. The number of hydrogen-bond donors (Lipinski definition) is 3. The van der Waals surface area contributed by atoms with Gasteiger partial charge in [0.15, 0.2) is 11.5 Å². The van der Waals surface area contributed by atoms with Gasteiger partial charge in [0.05, 0.1) is 17.5 Å². The molecule has 0 aliphatic heterocycles. The van der Waals surface area contributed by atoms with Crippen LogP contribution in [0.2, 0.25) is 0 Å². The Bertz CT molecular complexity index is 1220. The first kappa shape index (κ1) is 22.8. The van der Waals surface area contributed by atoms with Gasteiger partial charge in [0, 0.05) is 38.5 Å². The van der Waals surface area contributed by atoms with Crippen molar-refractivity contribution in [3.8, 4) is 11.3 Å². The van der Waals surface area contributed by atoms with Crippen LogP contribution >= 0.6 is 0 Å². The number of nitrogen functional groups attached to an aromatic ring is 1. The van der Waals surface area contributed by atoms with Crippen molar-refractivity contribution in [3.63, 3.8) is 0 Å². The van der Waals surface area contributed by atoms with E-state index in [0.717, 1.165) is 25.6 Å². The minimum Gasteiger partial charge on any atom is -0.371 e. The number of carbonyl (C=O) groups is 1. The molecule has 170 valence electrons. The highest BCUT2D eigenvalue weighted by Crippen LogP contribution is 2.30. The molecule has 4 heterocycles. The topological polar surface area (TPSA) is 128 Å². The van der Waals surface area contributed by atoms with Crippen molar-refractivity contribution in [1.82, 2.24) is 34.5 Å². The van der Waals surface area contributed by atoms with E-state index in [0.29, 0.717) is 22.6 Å². The number of alkyl halides is 2. The number of fused-ring (bicyclic) bond motifs is 2. The van der Waals surface area contributed by atoms with Crippen LogP contribution in [0, 0.1) is 0 Å². The summed E-state index contributed by atoms with van der Waals surface area (Å²) in [6.45, 7) is 4.46. The van der Waals surface area contributed by atoms with E-state index in [1.54, 1.807) is 36.1 Å². The highest BCUT2D eigenvalue weighted by molar-refractivity contribution is 5.87. The molecule has 4 aromatic rings. The van der Waals surface area contributed by atoms with Crippen molar-refractivity contribution < 1.29 is 13.6 Å². The minimum absolute atomic E-state index is 0.0680. The molecular formula is C20H25F2N9O. The predicted molar refractivity (Wildman–Crippen MR) is 117 cm³/mol. The zero-order chi connectivity index (χ0) is 23.3. The van der Waals surface area contributed by atoms with Gasteiger partial charge in [0.2, 0.25) is 11.9 Å². The van der Waals surface area contributed by atoms with E-state index in [2.05, 4.69) is 37.7 Å². The van der Waals surface area contributed by atoms with Gasteiger partial charge in [-0.15, -0.1) is 5.10 Å². The normalized spacial score (nSPS) is 10.9. The molecule has 0 saturated heterocycles. The highest BCUT2D eigenvalue weighted by atomic mass is 19.3. The molecule has 4 N–H and O–H groups in total. The Hall–Kier alpha value is -3.83. The Morgan fingerprint density at radius 2 is 1.97 bits per heavy atom. The van der Waals surface area contributed by atoms with Gasteiger partial charge in [-0.25, -0.2) is 22.8 Å². The van der Waals surface area contributed by atoms with E-state index < -0.39 is 6.43 Å². The van der Waals surface area contributed by atoms with Crippen LogP contribution in [0.1, 0.15) is 38.7 Å². The Balaban J connectivity index is 0.000000312. The van der Waals surface area contributed by atoms with Crippen molar-refractivity contribution in [2.75, 3.05) is 24.6 Å². The molecule has 0 saturated carbocycles. The quantitative estimate of drug-likeness (QED) is 0.389. The van der Waals surface area contributed by atoms with Gasteiger partial charge in [0.1, 0.15) is 5.52 Å². The van der Waals surface area contributed by atoms with E-state index in [4.69, 9.17) is 5.73 Å². The lowest BCUT2D eigenvalue weighted by molar-refractivity contribution is -0.118. The third kappa shape index (κ3) is 4.90. The zero-order valence-electron chi connectivity index (χ0n) is 18.0. The van der Waals surface area contributed by atoms with Crippen LogP contribution < -0.4 is 16.4 Å². The Labute approximate surface area is 182 Å². The number of aromatic nitrogens is 6. The fraction of sp³-hybridized carbons (Fsp3) is 0.350. The maximum Gasteiger partial charge on any atom is 0.269 e. The summed E-state index contributed by atoms with van der Waals surface area (Å²) in [5.41, 5.74) is 7.43. The number of rotatable bonds is 6. The lowest BCUT2D eigenvalue weighted by Crippen LogP contribution is -2.20. The molecule has 0 unspecified atom stereocenters. The molecule has 10 nitrogen and oxygen atoms in total. The van der Waals surface area contributed by atoms with Crippen LogP contribution in [0.15, 0.2) is 30.7 Å². The molecule has 0 aliphatic carbocycles. The van der Waals surface area contributed by atoms with Crippen molar-refractivity contribution in [1.29, 1.82) is 0 Å². The number of anilines is 2. The number of nitrogens with zero attached hydrogens (tertiary/aromatic N) is 6. The van der Waals surface area contributed by atoms with Crippen LogP contribution in [-0.4, -0.2) is 48.7 Å². The van der Waals surface area contributed by atoms with Crippen LogP contribution in [0.25, 0.3) is 22.4 Å². The van der Waals surface area contributed by atoms with Gasteiger partial charge in [-0.3, -0.25) is 4.79 Å². The smallest absolute Gasteiger partial charge is 0.269 e. The summed E-state index contributed by atoms with van der Waals surface area (Å²) in [7, 11) is 1.71. The van der Waals surface area contributed by atoms with Crippen LogP contribution in [0.3, 0.4) is 0 Å². The molecule has 0 aliphatic rings. The summed E-state index contributed by atoms with van der Waals surface area (Å²) >= 11 is 0. The van der Waals surface area contributed by atoms with Crippen molar-refractivity contribution >= 4 is 28.8 Å². The molecule has 0 fully saturated rings. The number of hydrogen-bond acceptors (Lipinski definition) is 7. The largest absolute Gasteiger partial charge is 0.371 e. The minimum atomic E-state index is -2.65. The third-order valence-electron chi connectivity index (χ3n) is 4.58. The Kier molecular flexibility index (Phi) is 7.13. The van der Waals surface area contributed by atoms with Gasteiger partial charge in [-0.1, -0.05) is 13.3 Å². The summed E-state index contributed by atoms with van der Waals surface area (Å²) < 4.78 is 29.0. The summed E-state index contributed by atoms with van der Waals surface area (Å²) in [4.78, 5) is 18.7. The SMILES string of the molecule is CCCCNC(C)=O.CNc1nc(N)nn2ccc(-c3ccn4ncc(C(F)F)c4n3)c12. The summed E-state index contributed by atoms with van der Waals surface area (Å²) in [5.74, 6) is 0.707. The number of nitrogens with one attached hydrogen (secondary N) is 2. The molecule has 12 heteroatoms. The first-order valence-corrected chi connectivity index (χ1v) is 10.1. The molecule has 0 aromatic carbocycles. The lowest BCUT2D eigenvalue weighted by Gasteiger charge is -2.07. The van der Waals surface area contributed by atoms with Crippen LogP contribution in [-0.2, 0) is 4.79 Å². The maximum absolute atomic E-state index is 13.1. The maximum atomic E-state index is 13.1. The number of carbonyl (C=O) groups excluding carboxylic acids is 1. The van der Waals surface area contributed by atoms with Gasteiger partial charge in [-0.2, -0.15) is 10.1 Å². The fourth-order valence-corrected chi connectivity index (χ4v) is 3.05. The van der Waals surface area contributed by atoms with E-state index in [9.17, 15) is 13.6 Å². The summed E-state index contributed by atoms with van der Waals surface area (Å²) in [6.07, 6.45) is 3.99. The first-order chi connectivity index (χ1) is 15.3. The second-order valence-electron chi connectivity index (χ2n) is 6.91. The second-order valence-corrected chi connectivity index (χ2v) is 6.91. The number of nitrogens with two attached hydrogens (primary N) is 1. The zero-order valence-corrected chi connectivity index (χ0v) is 18.0. The van der Waals surface area contributed by atoms with Crippen molar-refractivity contribution in [2.24, 2.45) is 0 Å². The third-order valence-corrected chi connectivity index (χ3v) is 4.58. The highest BCUT2D eigenvalue weighted by Gasteiger charge is 2.18. The van der Waals surface area contributed by atoms with E-state index in [1.165, 1.54) is 11.4 Å². The van der Waals surface area contributed by atoms with Crippen molar-refractivity contribution in [3.05, 3.63) is 36.3 Å².